The van der Waals surface area contributed by atoms with Crippen molar-refractivity contribution >= 4 is 5.69 Å². The molecule has 1 aliphatic carbocycles. The first-order chi connectivity index (χ1) is 8.73. The average Bonchev–Trinajstić information content (AvgIpc) is 2.78. The SMILES string of the molecule is COC1(c2noc(-c3cccc(N)c3)n2)CCC1. The van der Waals surface area contributed by atoms with E-state index in [1.54, 1.807) is 7.11 Å². The Morgan fingerprint density at radius 1 is 1.39 bits per heavy atom. The Morgan fingerprint density at radius 3 is 2.83 bits per heavy atom. The average molecular weight is 245 g/mol. The highest BCUT2D eigenvalue weighted by Gasteiger charge is 2.43. The predicted octanol–water partition coefficient (Wildman–Crippen LogP) is 2.34. The summed E-state index contributed by atoms with van der Waals surface area (Å²) in [5, 5.41) is 4.04. The Morgan fingerprint density at radius 2 is 2.22 bits per heavy atom. The van der Waals surface area contributed by atoms with Gasteiger partial charge in [-0.15, -0.1) is 0 Å². The zero-order valence-electron chi connectivity index (χ0n) is 10.2. The van der Waals surface area contributed by atoms with Gasteiger partial charge in [-0.2, -0.15) is 4.98 Å². The fourth-order valence-corrected chi connectivity index (χ4v) is 2.21. The molecule has 1 aromatic carbocycles. The molecule has 1 heterocycles. The van der Waals surface area contributed by atoms with Crippen molar-refractivity contribution in [1.82, 2.24) is 10.1 Å². The van der Waals surface area contributed by atoms with E-state index in [1.807, 2.05) is 24.3 Å². The van der Waals surface area contributed by atoms with Crippen molar-refractivity contribution in [3.63, 3.8) is 0 Å². The molecule has 1 aromatic heterocycles. The number of hydrogen-bond acceptors (Lipinski definition) is 5. The van der Waals surface area contributed by atoms with Crippen molar-refractivity contribution in [2.45, 2.75) is 24.9 Å². The Bertz CT molecular complexity index is 555. The smallest absolute Gasteiger partial charge is 0.258 e. The quantitative estimate of drug-likeness (QED) is 0.840. The third kappa shape index (κ3) is 1.67. The lowest BCUT2D eigenvalue weighted by atomic mass is 9.79. The number of nitrogens with zero attached hydrogens (tertiary/aromatic N) is 2. The molecule has 0 atom stereocenters. The van der Waals surface area contributed by atoms with Gasteiger partial charge in [0.25, 0.3) is 5.89 Å². The van der Waals surface area contributed by atoms with Crippen molar-refractivity contribution < 1.29 is 9.26 Å². The molecule has 5 nitrogen and oxygen atoms in total. The number of nitrogen functional groups attached to an aromatic ring is 1. The Labute approximate surface area is 105 Å². The van der Waals surface area contributed by atoms with Gasteiger partial charge in [0.1, 0.15) is 5.60 Å². The van der Waals surface area contributed by atoms with E-state index in [2.05, 4.69) is 10.1 Å². The maximum Gasteiger partial charge on any atom is 0.258 e. The van der Waals surface area contributed by atoms with E-state index in [-0.39, 0.29) is 5.60 Å². The van der Waals surface area contributed by atoms with Crippen molar-refractivity contribution in [2.24, 2.45) is 0 Å². The van der Waals surface area contributed by atoms with Crippen LogP contribution in [0.5, 0.6) is 0 Å². The van der Waals surface area contributed by atoms with Crippen molar-refractivity contribution in [2.75, 3.05) is 12.8 Å². The van der Waals surface area contributed by atoms with Gasteiger partial charge in [-0.25, -0.2) is 0 Å². The summed E-state index contributed by atoms with van der Waals surface area (Å²) < 4.78 is 10.8. The number of rotatable bonds is 3. The van der Waals surface area contributed by atoms with Gasteiger partial charge >= 0.3 is 0 Å². The molecule has 0 bridgehead atoms. The highest BCUT2D eigenvalue weighted by Crippen LogP contribution is 2.43. The van der Waals surface area contributed by atoms with Gasteiger partial charge in [-0.3, -0.25) is 0 Å². The van der Waals surface area contributed by atoms with Gasteiger partial charge in [0, 0.05) is 18.4 Å². The van der Waals surface area contributed by atoms with Crippen LogP contribution in [0.25, 0.3) is 11.5 Å². The molecule has 0 spiro atoms. The van der Waals surface area contributed by atoms with Gasteiger partial charge in [0.05, 0.1) is 0 Å². The fraction of sp³-hybridized carbons (Fsp3) is 0.385. The third-order valence-electron chi connectivity index (χ3n) is 3.52. The summed E-state index contributed by atoms with van der Waals surface area (Å²) in [5.74, 6) is 1.12. The molecule has 2 aromatic rings. The maximum atomic E-state index is 5.74. The normalized spacial score (nSPS) is 17.4. The summed E-state index contributed by atoms with van der Waals surface area (Å²) in [6, 6.07) is 7.40. The number of benzene rings is 1. The highest BCUT2D eigenvalue weighted by atomic mass is 16.5. The van der Waals surface area contributed by atoms with E-state index in [1.165, 1.54) is 0 Å². The number of anilines is 1. The van der Waals surface area contributed by atoms with Crippen LogP contribution >= 0.6 is 0 Å². The van der Waals surface area contributed by atoms with Gasteiger partial charge in [0.2, 0.25) is 5.82 Å². The molecule has 0 radical (unpaired) electrons. The van der Waals surface area contributed by atoms with Crippen LogP contribution in [-0.2, 0) is 10.3 Å². The van der Waals surface area contributed by atoms with Gasteiger partial charge in [-0.1, -0.05) is 11.2 Å². The minimum atomic E-state index is -0.345. The van der Waals surface area contributed by atoms with Gasteiger partial charge in [0.15, 0.2) is 0 Å². The molecule has 5 heteroatoms. The first kappa shape index (κ1) is 11.2. The second kappa shape index (κ2) is 4.10. The molecule has 0 saturated heterocycles. The van der Waals surface area contributed by atoms with E-state index >= 15 is 0 Å². The van der Waals surface area contributed by atoms with Crippen LogP contribution in [0.1, 0.15) is 25.1 Å². The lowest BCUT2D eigenvalue weighted by molar-refractivity contribution is -0.0858. The lowest BCUT2D eigenvalue weighted by Gasteiger charge is -2.37. The Hall–Kier alpha value is -1.88. The number of aromatic nitrogens is 2. The van der Waals surface area contributed by atoms with Crippen LogP contribution in [0.2, 0.25) is 0 Å². The van der Waals surface area contributed by atoms with Crippen LogP contribution in [0.4, 0.5) is 5.69 Å². The van der Waals surface area contributed by atoms with E-state index in [4.69, 9.17) is 15.0 Å². The third-order valence-corrected chi connectivity index (χ3v) is 3.52. The minimum absolute atomic E-state index is 0.345. The summed E-state index contributed by atoms with van der Waals surface area (Å²) in [6.45, 7) is 0. The van der Waals surface area contributed by atoms with E-state index in [0.29, 0.717) is 17.4 Å². The lowest BCUT2D eigenvalue weighted by Crippen LogP contribution is -2.37. The van der Waals surface area contributed by atoms with E-state index in [0.717, 1.165) is 24.8 Å². The van der Waals surface area contributed by atoms with Crippen molar-refractivity contribution in [3.05, 3.63) is 30.1 Å². The molecule has 0 unspecified atom stereocenters. The molecule has 0 aliphatic heterocycles. The molecule has 0 amide bonds. The topological polar surface area (TPSA) is 74.2 Å². The second-order valence-corrected chi connectivity index (χ2v) is 4.60. The monoisotopic (exact) mass is 245 g/mol. The summed E-state index contributed by atoms with van der Waals surface area (Å²) >= 11 is 0. The summed E-state index contributed by atoms with van der Waals surface area (Å²) in [6.07, 6.45) is 3.02. The molecule has 1 aliphatic rings. The van der Waals surface area contributed by atoms with Gasteiger partial charge in [-0.05, 0) is 37.5 Å². The zero-order chi connectivity index (χ0) is 12.6. The standard InChI is InChI=1S/C13H15N3O2/c1-17-13(6-3-7-13)12-15-11(18-16-12)9-4-2-5-10(14)8-9/h2,4-5,8H,3,6-7,14H2,1H3. The Kier molecular flexibility index (Phi) is 2.56. The van der Waals surface area contributed by atoms with Gasteiger partial charge < -0.3 is 15.0 Å². The minimum Gasteiger partial charge on any atom is -0.399 e. The second-order valence-electron chi connectivity index (χ2n) is 4.60. The molecule has 2 N–H and O–H groups in total. The van der Waals surface area contributed by atoms with E-state index in [9.17, 15) is 0 Å². The van der Waals surface area contributed by atoms with Crippen molar-refractivity contribution in [3.8, 4) is 11.5 Å². The molecular formula is C13H15N3O2. The van der Waals surface area contributed by atoms with Crippen LogP contribution in [-0.4, -0.2) is 17.3 Å². The molecule has 1 saturated carbocycles. The summed E-state index contributed by atoms with van der Waals surface area (Å²) in [5.41, 5.74) is 6.90. The number of methoxy groups -OCH3 is 1. The molecule has 18 heavy (non-hydrogen) atoms. The highest BCUT2D eigenvalue weighted by molar-refractivity contribution is 5.59. The predicted molar refractivity (Wildman–Crippen MR) is 66.7 cm³/mol. The molecular weight excluding hydrogens is 230 g/mol. The van der Waals surface area contributed by atoms with Crippen molar-refractivity contribution in [1.29, 1.82) is 0 Å². The molecule has 94 valence electrons. The molecule has 3 rings (SSSR count). The van der Waals surface area contributed by atoms with E-state index < -0.39 is 0 Å². The number of ether oxygens (including phenoxy) is 1. The maximum absolute atomic E-state index is 5.74. The number of hydrogen-bond donors (Lipinski definition) is 1. The largest absolute Gasteiger partial charge is 0.399 e. The van der Waals surface area contributed by atoms with Crippen LogP contribution in [0.3, 0.4) is 0 Å². The van der Waals surface area contributed by atoms with Crippen LogP contribution in [0, 0.1) is 0 Å². The fourth-order valence-electron chi connectivity index (χ4n) is 2.21. The zero-order valence-corrected chi connectivity index (χ0v) is 10.2. The van der Waals surface area contributed by atoms with Crippen LogP contribution < -0.4 is 5.73 Å². The van der Waals surface area contributed by atoms with Crippen LogP contribution in [0.15, 0.2) is 28.8 Å². The molecule has 1 fully saturated rings. The summed E-state index contributed by atoms with van der Waals surface area (Å²) in [7, 11) is 1.69. The first-order valence-corrected chi connectivity index (χ1v) is 5.99. The number of nitrogens with two attached hydrogens (primary N) is 1. The summed E-state index contributed by atoms with van der Waals surface area (Å²) in [4.78, 5) is 4.43. The first-order valence-electron chi connectivity index (χ1n) is 5.99. The Balaban J connectivity index is 1.94.